The van der Waals surface area contributed by atoms with Crippen LogP contribution < -0.4 is 10.9 Å². The third-order valence-electron chi connectivity index (χ3n) is 4.25. The highest BCUT2D eigenvalue weighted by molar-refractivity contribution is 6.30. The molecule has 5 nitrogen and oxygen atoms in total. The maximum absolute atomic E-state index is 13.9. The molecule has 0 spiro atoms. The first-order valence-electron chi connectivity index (χ1n) is 7.97. The van der Waals surface area contributed by atoms with E-state index in [2.05, 4.69) is 5.32 Å². The van der Waals surface area contributed by atoms with Crippen molar-refractivity contribution in [2.45, 2.75) is 12.6 Å². The number of benzene rings is 1. The van der Waals surface area contributed by atoms with Gasteiger partial charge in [0.2, 0.25) is 0 Å². The Balaban J connectivity index is 1.92. The van der Waals surface area contributed by atoms with Gasteiger partial charge in [-0.05, 0) is 29.8 Å². The van der Waals surface area contributed by atoms with Gasteiger partial charge < -0.3 is 14.6 Å². The Morgan fingerprint density at radius 3 is 3.04 bits per heavy atom. The number of hydrogen-bond donors (Lipinski definition) is 1. The highest BCUT2D eigenvalue weighted by Crippen LogP contribution is 2.30. The largest absolute Gasteiger partial charge is 0.372 e. The molecule has 1 saturated heterocycles. The molecule has 2 atom stereocenters. The lowest BCUT2D eigenvalue weighted by Crippen LogP contribution is -2.32. The summed E-state index contributed by atoms with van der Waals surface area (Å²) in [7, 11) is 0. The number of nitrogens with one attached hydrogen (secondary N) is 1. The quantitative estimate of drug-likeness (QED) is 0.912. The number of nitriles is 1. The second-order valence-corrected chi connectivity index (χ2v) is 6.33. The molecule has 0 radical (unpaired) electrons. The molecule has 1 aliphatic heterocycles. The van der Waals surface area contributed by atoms with Crippen molar-refractivity contribution in [3.63, 3.8) is 0 Å². The average Bonchev–Trinajstić information content (AvgIpc) is 2.85. The minimum absolute atomic E-state index is 0.0602. The summed E-state index contributed by atoms with van der Waals surface area (Å²) in [6.07, 6.45) is 1.27. The first kappa shape index (κ1) is 17.6. The lowest BCUT2D eigenvalue weighted by molar-refractivity contribution is 0.0249. The van der Waals surface area contributed by atoms with E-state index in [-0.39, 0.29) is 28.2 Å². The van der Waals surface area contributed by atoms with Gasteiger partial charge in [0.1, 0.15) is 17.4 Å². The first-order chi connectivity index (χ1) is 12.1. The number of hydrogen-bond acceptors (Lipinski definition) is 4. The predicted molar refractivity (Wildman–Crippen MR) is 91.9 cm³/mol. The summed E-state index contributed by atoms with van der Waals surface area (Å²) in [6.45, 7) is 2.13. The van der Waals surface area contributed by atoms with Gasteiger partial charge >= 0.3 is 0 Å². The number of aromatic nitrogens is 1. The Labute approximate surface area is 149 Å². The topological polar surface area (TPSA) is 67.1 Å². The van der Waals surface area contributed by atoms with Gasteiger partial charge in [0.25, 0.3) is 5.56 Å². The van der Waals surface area contributed by atoms with Crippen LogP contribution in [0, 0.1) is 23.1 Å². The molecule has 2 aromatic rings. The van der Waals surface area contributed by atoms with E-state index in [0.29, 0.717) is 31.8 Å². The van der Waals surface area contributed by atoms with Crippen LogP contribution in [0.4, 0.5) is 4.39 Å². The maximum atomic E-state index is 13.9. The Bertz CT molecular complexity index is 862. The molecule has 7 heteroatoms. The van der Waals surface area contributed by atoms with E-state index in [1.807, 2.05) is 6.07 Å². The number of pyridine rings is 1. The molecular weight excluding hydrogens is 345 g/mol. The van der Waals surface area contributed by atoms with E-state index in [1.54, 1.807) is 18.3 Å². The van der Waals surface area contributed by atoms with Crippen LogP contribution in [0.3, 0.4) is 0 Å². The van der Waals surface area contributed by atoms with Gasteiger partial charge in [0.15, 0.2) is 0 Å². The Morgan fingerprint density at radius 1 is 1.44 bits per heavy atom. The van der Waals surface area contributed by atoms with Crippen molar-refractivity contribution in [2.24, 2.45) is 5.92 Å². The van der Waals surface area contributed by atoms with Crippen LogP contribution in [0.25, 0.3) is 0 Å². The van der Waals surface area contributed by atoms with E-state index < -0.39 is 5.82 Å². The lowest BCUT2D eigenvalue weighted by Gasteiger charge is -2.26. The average molecular weight is 362 g/mol. The molecule has 0 aliphatic carbocycles. The van der Waals surface area contributed by atoms with Crippen LogP contribution in [0.5, 0.6) is 0 Å². The second kappa shape index (κ2) is 7.79. The fourth-order valence-electron chi connectivity index (χ4n) is 3.03. The van der Waals surface area contributed by atoms with Crippen molar-refractivity contribution in [2.75, 3.05) is 19.7 Å². The van der Waals surface area contributed by atoms with Crippen LogP contribution >= 0.6 is 11.6 Å². The van der Waals surface area contributed by atoms with E-state index in [0.717, 1.165) is 0 Å². The molecule has 1 aliphatic rings. The van der Waals surface area contributed by atoms with Crippen molar-refractivity contribution >= 4 is 11.6 Å². The zero-order chi connectivity index (χ0) is 17.8. The molecule has 130 valence electrons. The normalized spacial score (nSPS) is 20.7. The summed E-state index contributed by atoms with van der Waals surface area (Å²) in [5.74, 6) is -0.600. The summed E-state index contributed by atoms with van der Waals surface area (Å²) in [6, 6.07) is 9.68. The van der Waals surface area contributed by atoms with Gasteiger partial charge in [-0.1, -0.05) is 17.7 Å². The van der Waals surface area contributed by atoms with Crippen molar-refractivity contribution in [1.29, 1.82) is 5.26 Å². The zero-order valence-electron chi connectivity index (χ0n) is 13.4. The second-order valence-electron chi connectivity index (χ2n) is 5.92. The van der Waals surface area contributed by atoms with Gasteiger partial charge in [-0.15, -0.1) is 0 Å². The molecule has 0 amide bonds. The maximum Gasteiger partial charge on any atom is 0.268 e. The summed E-state index contributed by atoms with van der Waals surface area (Å²) in [5, 5.41) is 12.4. The fraction of sp³-hybridized carbons (Fsp3) is 0.333. The molecule has 1 aromatic carbocycles. The standard InChI is InChI=1S/C18H17ClFN3O2/c19-15-4-3-12(8-16(15)20)17-14(10-22-5-7-25-17)11-23-6-1-2-13(9-21)18(23)24/h1-4,6,8,14,17,22H,5,7,10-11H2/t14-,17-/m0/s1. The third kappa shape index (κ3) is 3.90. The fourth-order valence-corrected chi connectivity index (χ4v) is 3.14. The summed E-state index contributed by atoms with van der Waals surface area (Å²) in [5.41, 5.74) is 0.439. The van der Waals surface area contributed by atoms with E-state index in [9.17, 15) is 9.18 Å². The Morgan fingerprint density at radius 2 is 2.28 bits per heavy atom. The monoisotopic (exact) mass is 361 g/mol. The van der Waals surface area contributed by atoms with Gasteiger partial charge in [0.05, 0.1) is 17.7 Å². The molecule has 0 saturated carbocycles. The number of nitrogens with zero attached hydrogens (tertiary/aromatic N) is 2. The SMILES string of the molecule is N#Cc1cccn(C[C@@H]2CNCCO[C@H]2c2ccc(Cl)c(F)c2)c1=O. The Hall–Kier alpha value is -2.20. The van der Waals surface area contributed by atoms with Gasteiger partial charge in [-0.2, -0.15) is 5.26 Å². The molecule has 0 unspecified atom stereocenters. The molecule has 25 heavy (non-hydrogen) atoms. The van der Waals surface area contributed by atoms with Crippen LogP contribution in [-0.2, 0) is 11.3 Å². The van der Waals surface area contributed by atoms with Crippen molar-refractivity contribution in [1.82, 2.24) is 9.88 Å². The van der Waals surface area contributed by atoms with Crippen molar-refractivity contribution in [3.8, 4) is 6.07 Å². The number of halogens is 2. The third-order valence-corrected chi connectivity index (χ3v) is 4.56. The highest BCUT2D eigenvalue weighted by atomic mass is 35.5. The Kier molecular flexibility index (Phi) is 5.49. The molecule has 1 fully saturated rings. The molecule has 0 bridgehead atoms. The molecule has 1 N–H and O–H groups in total. The number of ether oxygens (including phenoxy) is 1. The van der Waals surface area contributed by atoms with Crippen molar-refractivity contribution in [3.05, 3.63) is 68.8 Å². The van der Waals surface area contributed by atoms with Gasteiger partial charge in [0, 0.05) is 31.7 Å². The van der Waals surface area contributed by atoms with E-state index in [1.165, 1.54) is 22.8 Å². The van der Waals surface area contributed by atoms with Crippen LogP contribution in [-0.4, -0.2) is 24.3 Å². The van der Waals surface area contributed by atoms with E-state index >= 15 is 0 Å². The predicted octanol–water partition coefficient (Wildman–Crippen LogP) is 2.49. The van der Waals surface area contributed by atoms with Gasteiger partial charge in [-0.25, -0.2) is 4.39 Å². The lowest BCUT2D eigenvalue weighted by atomic mass is 9.95. The molecule has 3 rings (SSSR count). The molecule has 2 heterocycles. The smallest absolute Gasteiger partial charge is 0.268 e. The highest BCUT2D eigenvalue weighted by Gasteiger charge is 2.27. The van der Waals surface area contributed by atoms with E-state index in [4.69, 9.17) is 21.6 Å². The molecule has 1 aromatic heterocycles. The zero-order valence-corrected chi connectivity index (χ0v) is 14.2. The minimum atomic E-state index is -0.498. The van der Waals surface area contributed by atoms with Crippen molar-refractivity contribution < 1.29 is 9.13 Å². The first-order valence-corrected chi connectivity index (χ1v) is 8.35. The summed E-state index contributed by atoms with van der Waals surface area (Å²) >= 11 is 5.77. The van der Waals surface area contributed by atoms with Crippen LogP contribution in [0.15, 0.2) is 41.3 Å². The van der Waals surface area contributed by atoms with Crippen LogP contribution in [0.1, 0.15) is 17.2 Å². The summed E-state index contributed by atoms with van der Waals surface area (Å²) < 4.78 is 21.3. The number of rotatable bonds is 3. The van der Waals surface area contributed by atoms with Gasteiger partial charge in [-0.3, -0.25) is 4.79 Å². The molecular formula is C18H17ClFN3O2. The summed E-state index contributed by atoms with van der Waals surface area (Å²) in [4.78, 5) is 12.3. The minimum Gasteiger partial charge on any atom is -0.372 e. The van der Waals surface area contributed by atoms with Crippen LogP contribution in [0.2, 0.25) is 5.02 Å².